The minimum atomic E-state index is 0.418. The first-order chi connectivity index (χ1) is 8.08. The first-order valence-corrected chi connectivity index (χ1v) is 7.87. The molecule has 0 aliphatic carbocycles. The molecule has 1 aliphatic heterocycles. The molecule has 2 N–H and O–H groups in total. The quantitative estimate of drug-likeness (QED) is 0.890. The van der Waals surface area contributed by atoms with Crippen molar-refractivity contribution in [3.05, 3.63) is 20.8 Å². The van der Waals surface area contributed by atoms with Crippen molar-refractivity contribution >= 4 is 27.3 Å². The Balaban J connectivity index is 1.77. The van der Waals surface area contributed by atoms with Crippen LogP contribution in [0.2, 0.25) is 0 Å². The molecule has 0 spiro atoms. The van der Waals surface area contributed by atoms with Gasteiger partial charge in [0.05, 0.1) is 3.79 Å². The maximum Gasteiger partial charge on any atom is 0.0701 e. The van der Waals surface area contributed by atoms with Gasteiger partial charge in [0.1, 0.15) is 0 Å². The van der Waals surface area contributed by atoms with Gasteiger partial charge < -0.3 is 10.6 Å². The van der Waals surface area contributed by atoms with Gasteiger partial charge in [-0.05, 0) is 52.9 Å². The van der Waals surface area contributed by atoms with Crippen LogP contribution in [-0.4, -0.2) is 19.1 Å². The van der Waals surface area contributed by atoms with E-state index in [1.165, 1.54) is 28.0 Å². The largest absolute Gasteiger partial charge is 0.312 e. The van der Waals surface area contributed by atoms with Gasteiger partial charge in [0, 0.05) is 24.0 Å². The fourth-order valence-electron chi connectivity index (χ4n) is 2.41. The Morgan fingerprint density at radius 2 is 2.35 bits per heavy atom. The molecule has 0 amide bonds. The van der Waals surface area contributed by atoms with E-state index in [4.69, 9.17) is 0 Å². The topological polar surface area (TPSA) is 24.1 Å². The van der Waals surface area contributed by atoms with E-state index in [0.717, 1.165) is 13.1 Å². The first-order valence-electron chi connectivity index (χ1n) is 6.26. The predicted octanol–water partition coefficient (Wildman–Crippen LogP) is 3.38. The highest BCUT2D eigenvalue weighted by Gasteiger charge is 2.31. The van der Waals surface area contributed by atoms with Gasteiger partial charge in [0.25, 0.3) is 0 Å². The lowest BCUT2D eigenvalue weighted by Gasteiger charge is -2.39. The van der Waals surface area contributed by atoms with Crippen LogP contribution < -0.4 is 10.6 Å². The molecule has 96 valence electrons. The molecular formula is C13H21BrN2S. The molecule has 4 heteroatoms. The van der Waals surface area contributed by atoms with Crippen LogP contribution in [0.15, 0.2) is 15.9 Å². The van der Waals surface area contributed by atoms with Gasteiger partial charge in [0.2, 0.25) is 0 Å². The summed E-state index contributed by atoms with van der Waals surface area (Å²) in [4.78, 5) is 1.39. The highest BCUT2D eigenvalue weighted by atomic mass is 79.9. The lowest BCUT2D eigenvalue weighted by Crippen LogP contribution is -2.51. The van der Waals surface area contributed by atoms with Gasteiger partial charge in [0.15, 0.2) is 0 Å². The van der Waals surface area contributed by atoms with Gasteiger partial charge in [-0.25, -0.2) is 0 Å². The van der Waals surface area contributed by atoms with E-state index < -0.39 is 0 Å². The van der Waals surface area contributed by atoms with Crippen LogP contribution in [-0.2, 0) is 6.54 Å². The third-order valence-electron chi connectivity index (χ3n) is 3.61. The zero-order chi connectivity index (χ0) is 12.3. The minimum Gasteiger partial charge on any atom is -0.312 e. The second kappa shape index (κ2) is 5.83. The maximum atomic E-state index is 3.63. The molecule has 1 saturated heterocycles. The summed E-state index contributed by atoms with van der Waals surface area (Å²) in [5, 5.41) is 7.20. The Morgan fingerprint density at radius 1 is 1.53 bits per heavy atom. The van der Waals surface area contributed by atoms with E-state index >= 15 is 0 Å². The number of rotatable bonds is 4. The molecule has 0 saturated carbocycles. The molecule has 1 aromatic rings. The lowest BCUT2D eigenvalue weighted by atomic mass is 9.77. The fourth-order valence-corrected chi connectivity index (χ4v) is 3.86. The molecule has 2 rings (SSSR count). The highest BCUT2D eigenvalue weighted by molar-refractivity contribution is 9.11. The summed E-state index contributed by atoms with van der Waals surface area (Å²) in [5.74, 6) is 0. The zero-order valence-electron chi connectivity index (χ0n) is 10.6. The summed E-state index contributed by atoms with van der Waals surface area (Å²) in [5.41, 5.74) is 0.418. The molecule has 1 aliphatic rings. The molecule has 2 heterocycles. The molecular weight excluding hydrogens is 296 g/mol. The SMILES string of the molecule is CC1(C)CCCNC1CNCc1ccc(Br)s1. The minimum absolute atomic E-state index is 0.418. The molecule has 1 fully saturated rings. The normalized spacial score (nSPS) is 23.8. The third-order valence-corrected chi connectivity index (χ3v) is 5.23. The van der Waals surface area contributed by atoms with Crippen LogP contribution in [0.1, 0.15) is 31.6 Å². The number of hydrogen-bond donors (Lipinski definition) is 2. The monoisotopic (exact) mass is 316 g/mol. The molecule has 0 radical (unpaired) electrons. The summed E-state index contributed by atoms with van der Waals surface area (Å²) in [7, 11) is 0. The molecule has 1 unspecified atom stereocenters. The number of hydrogen-bond acceptors (Lipinski definition) is 3. The van der Waals surface area contributed by atoms with E-state index in [9.17, 15) is 0 Å². The van der Waals surface area contributed by atoms with Gasteiger partial charge >= 0.3 is 0 Å². The van der Waals surface area contributed by atoms with Gasteiger partial charge in [-0.3, -0.25) is 0 Å². The highest BCUT2D eigenvalue weighted by Crippen LogP contribution is 2.29. The molecule has 1 atom stereocenters. The fraction of sp³-hybridized carbons (Fsp3) is 0.692. The molecule has 17 heavy (non-hydrogen) atoms. The maximum absolute atomic E-state index is 3.63. The predicted molar refractivity (Wildman–Crippen MR) is 78.5 cm³/mol. The van der Waals surface area contributed by atoms with Crippen LogP contribution in [0.5, 0.6) is 0 Å². The summed E-state index contributed by atoms with van der Waals surface area (Å²) >= 11 is 5.31. The van der Waals surface area contributed by atoms with Crippen molar-refractivity contribution in [2.75, 3.05) is 13.1 Å². The third kappa shape index (κ3) is 3.78. The summed E-state index contributed by atoms with van der Waals surface area (Å²) in [6, 6.07) is 4.89. The smallest absolute Gasteiger partial charge is 0.0701 e. The number of piperidine rings is 1. The molecule has 0 aromatic carbocycles. The van der Waals surface area contributed by atoms with Crippen LogP contribution in [0.4, 0.5) is 0 Å². The average molecular weight is 317 g/mol. The van der Waals surface area contributed by atoms with Crippen molar-refractivity contribution in [1.82, 2.24) is 10.6 Å². The van der Waals surface area contributed by atoms with E-state index in [0.29, 0.717) is 11.5 Å². The Bertz CT molecular complexity index is 362. The van der Waals surface area contributed by atoms with Crippen LogP contribution >= 0.6 is 27.3 Å². The van der Waals surface area contributed by atoms with Crippen LogP contribution in [0, 0.1) is 5.41 Å². The molecule has 2 nitrogen and oxygen atoms in total. The lowest BCUT2D eigenvalue weighted by molar-refractivity contribution is 0.176. The van der Waals surface area contributed by atoms with Crippen molar-refractivity contribution in [3.63, 3.8) is 0 Å². The number of thiophene rings is 1. The van der Waals surface area contributed by atoms with E-state index in [1.54, 1.807) is 0 Å². The summed E-state index contributed by atoms with van der Waals surface area (Å²) in [6.45, 7) is 7.94. The van der Waals surface area contributed by atoms with Crippen molar-refractivity contribution in [2.24, 2.45) is 5.41 Å². The van der Waals surface area contributed by atoms with Crippen LogP contribution in [0.3, 0.4) is 0 Å². The average Bonchev–Trinajstić information content (AvgIpc) is 2.67. The Morgan fingerprint density at radius 3 is 3.00 bits per heavy atom. The van der Waals surface area contributed by atoms with Crippen molar-refractivity contribution in [3.8, 4) is 0 Å². The van der Waals surface area contributed by atoms with E-state index in [-0.39, 0.29) is 0 Å². The summed E-state index contributed by atoms with van der Waals surface area (Å²) in [6.07, 6.45) is 2.64. The first kappa shape index (κ1) is 13.5. The second-order valence-corrected chi connectivity index (χ2v) is 7.98. The second-order valence-electron chi connectivity index (χ2n) is 5.44. The number of halogens is 1. The standard InChI is InChI=1S/C13H21BrN2S/c1-13(2)6-3-7-16-11(13)9-15-8-10-4-5-12(14)17-10/h4-5,11,15-16H,3,6-9H2,1-2H3. The Kier molecular flexibility index (Phi) is 4.64. The Labute approximate surface area is 116 Å². The van der Waals surface area contributed by atoms with Crippen molar-refractivity contribution in [1.29, 1.82) is 0 Å². The zero-order valence-corrected chi connectivity index (χ0v) is 13.0. The number of nitrogens with one attached hydrogen (secondary N) is 2. The van der Waals surface area contributed by atoms with Crippen molar-refractivity contribution in [2.45, 2.75) is 39.3 Å². The van der Waals surface area contributed by atoms with Crippen LogP contribution in [0.25, 0.3) is 0 Å². The molecule has 0 bridgehead atoms. The van der Waals surface area contributed by atoms with Gasteiger partial charge in [-0.1, -0.05) is 13.8 Å². The Hall–Kier alpha value is 0.1000. The van der Waals surface area contributed by atoms with Gasteiger partial charge in [-0.2, -0.15) is 0 Å². The van der Waals surface area contributed by atoms with E-state index in [1.807, 2.05) is 11.3 Å². The summed E-state index contributed by atoms with van der Waals surface area (Å²) < 4.78 is 1.21. The van der Waals surface area contributed by atoms with E-state index in [2.05, 4.69) is 52.5 Å². The molecule has 1 aromatic heterocycles. The van der Waals surface area contributed by atoms with Gasteiger partial charge in [-0.15, -0.1) is 11.3 Å². The van der Waals surface area contributed by atoms with Crippen molar-refractivity contribution < 1.29 is 0 Å².